The molecule has 1 aromatic heterocycles. The molecule has 3 N–H and O–H groups in total. The van der Waals surface area contributed by atoms with E-state index in [1.165, 1.54) is 22.3 Å². The molecule has 0 aliphatic heterocycles. The van der Waals surface area contributed by atoms with E-state index in [4.69, 9.17) is 15.2 Å². The number of aromatic nitrogens is 3. The summed E-state index contributed by atoms with van der Waals surface area (Å²) in [6, 6.07) is 16.4. The van der Waals surface area contributed by atoms with Gasteiger partial charge in [0.15, 0.2) is 5.69 Å². The van der Waals surface area contributed by atoms with E-state index in [-0.39, 0.29) is 24.8 Å². The monoisotopic (exact) mass is 364 g/mol. The molecule has 7 heteroatoms. The first-order chi connectivity index (χ1) is 13.3. The highest BCUT2D eigenvalue weighted by Gasteiger charge is 2.29. The molecule has 0 amide bonds. The minimum Gasteiger partial charge on any atom is -0.460 e. The van der Waals surface area contributed by atoms with Crippen molar-refractivity contribution < 1.29 is 14.3 Å². The number of carbonyl (C=O) groups excluding carboxylic acids is 1. The number of nitrogens with two attached hydrogens (primary N) is 1. The number of fused-ring (bicyclic) bond motifs is 3. The molecule has 138 valence electrons. The highest BCUT2D eigenvalue weighted by molar-refractivity contribution is 5.88. The summed E-state index contributed by atoms with van der Waals surface area (Å²) >= 11 is 0. The SMILES string of the molecule is NCCOCc1nn[nH]c1C(=O)OCC1c2ccccc2-c2ccccc21. The lowest BCUT2D eigenvalue weighted by Gasteiger charge is -2.14. The maximum absolute atomic E-state index is 12.5. The zero-order valence-electron chi connectivity index (χ0n) is 14.7. The van der Waals surface area contributed by atoms with Crippen LogP contribution in [0.4, 0.5) is 0 Å². The molecule has 0 saturated carbocycles. The molecule has 3 aromatic rings. The first-order valence-corrected chi connectivity index (χ1v) is 8.82. The largest absolute Gasteiger partial charge is 0.460 e. The van der Waals surface area contributed by atoms with Crippen molar-refractivity contribution in [2.45, 2.75) is 12.5 Å². The fourth-order valence-corrected chi connectivity index (χ4v) is 3.44. The summed E-state index contributed by atoms with van der Waals surface area (Å²) < 4.78 is 10.9. The molecule has 1 heterocycles. The Morgan fingerprint density at radius 3 is 2.41 bits per heavy atom. The number of hydrogen-bond acceptors (Lipinski definition) is 6. The molecule has 0 unspecified atom stereocenters. The molecule has 0 radical (unpaired) electrons. The standard InChI is InChI=1S/C20H20N4O3/c21-9-10-26-12-18-19(23-24-22-18)20(25)27-11-17-15-7-3-1-5-13(15)14-6-2-4-8-16(14)17/h1-8,17H,9-12,21H2,(H,22,23,24). The molecule has 4 rings (SSSR count). The molecule has 0 spiro atoms. The number of carbonyl (C=O) groups is 1. The quantitative estimate of drug-likeness (QED) is 0.492. The molecule has 0 atom stereocenters. The van der Waals surface area contributed by atoms with Crippen LogP contribution in [0.2, 0.25) is 0 Å². The molecule has 2 aromatic carbocycles. The Morgan fingerprint density at radius 2 is 1.74 bits per heavy atom. The minimum absolute atomic E-state index is 0.00849. The van der Waals surface area contributed by atoms with E-state index in [0.717, 1.165) is 0 Å². The van der Waals surface area contributed by atoms with Crippen LogP contribution >= 0.6 is 0 Å². The summed E-state index contributed by atoms with van der Waals surface area (Å²) in [6.45, 7) is 1.19. The summed E-state index contributed by atoms with van der Waals surface area (Å²) in [6.07, 6.45) is 0. The molecule has 1 aliphatic carbocycles. The Bertz CT molecular complexity index is 908. The van der Waals surface area contributed by atoms with Crippen LogP contribution < -0.4 is 5.73 Å². The van der Waals surface area contributed by atoms with Gasteiger partial charge in [0.05, 0.1) is 13.2 Å². The van der Waals surface area contributed by atoms with E-state index >= 15 is 0 Å². The number of H-pyrrole nitrogens is 1. The fraction of sp³-hybridized carbons (Fsp3) is 0.250. The Labute approximate surface area is 156 Å². The summed E-state index contributed by atoms with van der Waals surface area (Å²) in [4.78, 5) is 12.5. The molecule has 7 nitrogen and oxygen atoms in total. The van der Waals surface area contributed by atoms with Gasteiger partial charge in [0.2, 0.25) is 0 Å². The summed E-state index contributed by atoms with van der Waals surface area (Å²) in [5, 5.41) is 10.2. The lowest BCUT2D eigenvalue weighted by molar-refractivity contribution is 0.0479. The second-order valence-corrected chi connectivity index (χ2v) is 6.30. The van der Waals surface area contributed by atoms with E-state index in [1.807, 2.05) is 24.3 Å². The average molecular weight is 364 g/mol. The van der Waals surface area contributed by atoms with E-state index in [2.05, 4.69) is 39.7 Å². The second kappa shape index (κ2) is 7.69. The third-order valence-corrected chi connectivity index (χ3v) is 4.67. The fourth-order valence-electron chi connectivity index (χ4n) is 3.44. The highest BCUT2D eigenvalue weighted by Crippen LogP contribution is 2.44. The molecular formula is C20H20N4O3. The third kappa shape index (κ3) is 3.34. The lowest BCUT2D eigenvalue weighted by Crippen LogP contribution is -2.15. The smallest absolute Gasteiger partial charge is 0.358 e. The van der Waals surface area contributed by atoms with Crippen molar-refractivity contribution in [3.63, 3.8) is 0 Å². The Hall–Kier alpha value is -3.03. The third-order valence-electron chi connectivity index (χ3n) is 4.67. The van der Waals surface area contributed by atoms with E-state index < -0.39 is 5.97 Å². The molecule has 0 fully saturated rings. The summed E-state index contributed by atoms with van der Waals surface area (Å²) in [5.74, 6) is -0.484. The number of ether oxygens (including phenoxy) is 2. The Morgan fingerprint density at radius 1 is 1.07 bits per heavy atom. The number of nitrogens with zero attached hydrogens (tertiary/aromatic N) is 2. The van der Waals surface area contributed by atoms with Crippen molar-refractivity contribution in [3.05, 3.63) is 71.0 Å². The predicted molar refractivity (Wildman–Crippen MR) is 99.1 cm³/mol. The Balaban J connectivity index is 1.50. The van der Waals surface area contributed by atoms with Gasteiger partial charge < -0.3 is 15.2 Å². The van der Waals surface area contributed by atoms with Crippen molar-refractivity contribution in [1.82, 2.24) is 15.4 Å². The number of esters is 1. The molecule has 0 bridgehead atoms. The molecular weight excluding hydrogens is 344 g/mol. The number of hydrogen-bond donors (Lipinski definition) is 2. The lowest BCUT2D eigenvalue weighted by atomic mass is 9.98. The van der Waals surface area contributed by atoms with Crippen LogP contribution in [0.25, 0.3) is 11.1 Å². The van der Waals surface area contributed by atoms with Gasteiger partial charge in [0.25, 0.3) is 0 Å². The van der Waals surface area contributed by atoms with Crippen molar-refractivity contribution in [1.29, 1.82) is 0 Å². The number of rotatable bonds is 7. The van der Waals surface area contributed by atoms with Gasteiger partial charge in [0, 0.05) is 12.5 Å². The van der Waals surface area contributed by atoms with Crippen molar-refractivity contribution in [2.75, 3.05) is 19.8 Å². The molecule has 27 heavy (non-hydrogen) atoms. The summed E-state index contributed by atoms with van der Waals surface area (Å²) in [5.41, 5.74) is 10.7. The average Bonchev–Trinajstić information content (AvgIpc) is 3.29. The van der Waals surface area contributed by atoms with E-state index in [0.29, 0.717) is 18.8 Å². The van der Waals surface area contributed by atoms with Crippen LogP contribution in [0.3, 0.4) is 0 Å². The molecule has 1 aliphatic rings. The topological polar surface area (TPSA) is 103 Å². The Kier molecular flexibility index (Phi) is 4.95. The summed E-state index contributed by atoms with van der Waals surface area (Å²) in [7, 11) is 0. The number of benzene rings is 2. The van der Waals surface area contributed by atoms with Gasteiger partial charge in [-0.05, 0) is 22.3 Å². The van der Waals surface area contributed by atoms with E-state index in [9.17, 15) is 4.79 Å². The molecule has 0 saturated heterocycles. The van der Waals surface area contributed by atoms with Crippen LogP contribution in [-0.2, 0) is 16.1 Å². The van der Waals surface area contributed by atoms with Gasteiger partial charge in [-0.3, -0.25) is 5.10 Å². The normalized spacial score (nSPS) is 12.6. The van der Waals surface area contributed by atoms with Crippen molar-refractivity contribution in [2.24, 2.45) is 5.73 Å². The van der Waals surface area contributed by atoms with Gasteiger partial charge >= 0.3 is 5.97 Å². The van der Waals surface area contributed by atoms with Crippen molar-refractivity contribution in [3.8, 4) is 11.1 Å². The van der Waals surface area contributed by atoms with E-state index in [1.54, 1.807) is 0 Å². The van der Waals surface area contributed by atoms with Crippen LogP contribution in [-0.4, -0.2) is 41.1 Å². The number of nitrogens with one attached hydrogen (secondary N) is 1. The van der Waals surface area contributed by atoms with Gasteiger partial charge in [0.1, 0.15) is 12.3 Å². The van der Waals surface area contributed by atoms with Gasteiger partial charge in [-0.25, -0.2) is 4.79 Å². The van der Waals surface area contributed by atoms with Crippen LogP contribution in [0.15, 0.2) is 48.5 Å². The van der Waals surface area contributed by atoms with Gasteiger partial charge in [-0.1, -0.05) is 53.7 Å². The zero-order chi connectivity index (χ0) is 18.6. The zero-order valence-corrected chi connectivity index (χ0v) is 14.7. The van der Waals surface area contributed by atoms with Crippen LogP contribution in [0.1, 0.15) is 33.2 Å². The van der Waals surface area contributed by atoms with Crippen LogP contribution in [0.5, 0.6) is 0 Å². The first-order valence-electron chi connectivity index (χ1n) is 8.82. The van der Waals surface area contributed by atoms with Gasteiger partial charge in [-0.2, -0.15) is 0 Å². The highest BCUT2D eigenvalue weighted by atomic mass is 16.5. The number of aromatic amines is 1. The van der Waals surface area contributed by atoms with Crippen LogP contribution in [0, 0.1) is 0 Å². The predicted octanol–water partition coefficient (Wildman–Crippen LogP) is 2.25. The minimum atomic E-state index is -0.492. The van der Waals surface area contributed by atoms with Crippen molar-refractivity contribution >= 4 is 5.97 Å². The first kappa shape index (κ1) is 17.4. The maximum atomic E-state index is 12.5. The maximum Gasteiger partial charge on any atom is 0.358 e. The van der Waals surface area contributed by atoms with Gasteiger partial charge in [-0.15, -0.1) is 5.10 Å². The second-order valence-electron chi connectivity index (χ2n) is 6.30.